The Morgan fingerprint density at radius 1 is 0.857 bits per heavy atom. The van der Waals surface area contributed by atoms with Gasteiger partial charge in [0.2, 0.25) is 0 Å². The number of hydrogen-bond acceptors (Lipinski definition) is 8. The number of pyridine rings is 1. The standard InChI is InChI=1S/C13H21NO7/c15-5-10(18)9(17)4-7-2-1-3-8(14-7)12(20)13(21)11(19)6-16/h1-3,9-13,15-21H,4-6H2/t9-,10+,11+,12+,13+/m0/s1. The highest BCUT2D eigenvalue weighted by atomic mass is 16.4. The van der Waals surface area contributed by atoms with Crippen LogP contribution in [0.3, 0.4) is 0 Å². The number of aromatic nitrogens is 1. The molecule has 1 rings (SSSR count). The lowest BCUT2D eigenvalue weighted by Crippen LogP contribution is -2.35. The highest BCUT2D eigenvalue weighted by Crippen LogP contribution is 2.18. The van der Waals surface area contributed by atoms with Crippen LogP contribution in [0.1, 0.15) is 17.5 Å². The van der Waals surface area contributed by atoms with Crippen LogP contribution in [-0.4, -0.2) is 78.4 Å². The van der Waals surface area contributed by atoms with Gasteiger partial charge in [-0.2, -0.15) is 0 Å². The van der Waals surface area contributed by atoms with Crippen LogP contribution in [0.4, 0.5) is 0 Å². The molecule has 21 heavy (non-hydrogen) atoms. The van der Waals surface area contributed by atoms with Gasteiger partial charge in [-0.25, -0.2) is 0 Å². The Morgan fingerprint density at radius 2 is 1.48 bits per heavy atom. The zero-order chi connectivity index (χ0) is 16.0. The molecule has 0 spiro atoms. The third-order valence-electron chi connectivity index (χ3n) is 3.09. The second-order valence-electron chi connectivity index (χ2n) is 4.76. The molecule has 1 heterocycles. The lowest BCUT2D eigenvalue weighted by Gasteiger charge is -2.22. The van der Waals surface area contributed by atoms with Crippen LogP contribution >= 0.6 is 0 Å². The first-order valence-corrected chi connectivity index (χ1v) is 6.48. The maximum atomic E-state index is 9.87. The Balaban J connectivity index is 2.80. The highest BCUT2D eigenvalue weighted by molar-refractivity contribution is 5.15. The van der Waals surface area contributed by atoms with E-state index in [1.807, 2.05) is 0 Å². The summed E-state index contributed by atoms with van der Waals surface area (Å²) < 4.78 is 0. The molecule has 7 N–H and O–H groups in total. The summed E-state index contributed by atoms with van der Waals surface area (Å²) in [6.07, 6.45) is -7.20. The Hall–Kier alpha value is -1.13. The average Bonchev–Trinajstić information content (AvgIpc) is 2.51. The van der Waals surface area contributed by atoms with Crippen LogP contribution < -0.4 is 0 Å². The highest BCUT2D eigenvalue weighted by Gasteiger charge is 2.26. The van der Waals surface area contributed by atoms with E-state index in [9.17, 15) is 25.5 Å². The van der Waals surface area contributed by atoms with E-state index in [-0.39, 0.29) is 12.1 Å². The van der Waals surface area contributed by atoms with Gasteiger partial charge in [-0.3, -0.25) is 4.98 Å². The lowest BCUT2D eigenvalue weighted by molar-refractivity contribution is -0.0790. The molecule has 0 aromatic carbocycles. The first-order chi connectivity index (χ1) is 9.90. The summed E-state index contributed by atoms with van der Waals surface area (Å²) in [5.41, 5.74) is 0.385. The van der Waals surface area contributed by atoms with Crippen LogP contribution in [0.15, 0.2) is 18.2 Å². The van der Waals surface area contributed by atoms with Gasteiger partial charge in [-0.05, 0) is 12.1 Å². The van der Waals surface area contributed by atoms with Gasteiger partial charge in [0.15, 0.2) is 0 Å². The van der Waals surface area contributed by atoms with Gasteiger partial charge >= 0.3 is 0 Å². The van der Waals surface area contributed by atoms with Gasteiger partial charge < -0.3 is 35.7 Å². The molecule has 0 fully saturated rings. The van der Waals surface area contributed by atoms with Crippen LogP contribution in [0.5, 0.6) is 0 Å². The topological polar surface area (TPSA) is 154 Å². The van der Waals surface area contributed by atoms with Crippen molar-refractivity contribution in [2.24, 2.45) is 0 Å². The van der Waals surface area contributed by atoms with Gasteiger partial charge in [-0.15, -0.1) is 0 Å². The van der Waals surface area contributed by atoms with Crippen molar-refractivity contribution in [3.63, 3.8) is 0 Å². The molecule has 0 amide bonds. The summed E-state index contributed by atoms with van der Waals surface area (Å²) in [6, 6.07) is 4.48. The zero-order valence-corrected chi connectivity index (χ0v) is 11.3. The normalized spacial score (nSPS) is 18.8. The summed E-state index contributed by atoms with van der Waals surface area (Å²) >= 11 is 0. The zero-order valence-electron chi connectivity index (χ0n) is 11.3. The Morgan fingerprint density at radius 3 is 2.05 bits per heavy atom. The van der Waals surface area contributed by atoms with Gasteiger partial charge in [0.25, 0.3) is 0 Å². The van der Waals surface area contributed by atoms with Gasteiger partial charge in [0.1, 0.15) is 24.4 Å². The second kappa shape index (κ2) is 8.35. The quantitative estimate of drug-likeness (QED) is 0.269. The molecule has 0 aliphatic rings. The van der Waals surface area contributed by atoms with E-state index in [4.69, 9.17) is 10.2 Å². The Bertz CT molecular complexity index is 431. The molecule has 8 nitrogen and oxygen atoms in total. The van der Waals surface area contributed by atoms with Crippen LogP contribution in [0.2, 0.25) is 0 Å². The van der Waals surface area contributed by atoms with E-state index in [2.05, 4.69) is 4.98 Å². The smallest absolute Gasteiger partial charge is 0.124 e. The van der Waals surface area contributed by atoms with Crippen molar-refractivity contribution < 1.29 is 35.7 Å². The molecule has 0 unspecified atom stereocenters. The molecule has 1 aromatic heterocycles. The van der Waals surface area contributed by atoms with E-state index in [0.717, 1.165) is 0 Å². The van der Waals surface area contributed by atoms with E-state index < -0.39 is 43.7 Å². The van der Waals surface area contributed by atoms with Crippen LogP contribution in [-0.2, 0) is 6.42 Å². The van der Waals surface area contributed by atoms with Crippen molar-refractivity contribution in [1.82, 2.24) is 4.98 Å². The molecule has 5 atom stereocenters. The molecule has 0 aliphatic carbocycles. The monoisotopic (exact) mass is 303 g/mol. The number of rotatable bonds is 8. The number of nitrogens with zero attached hydrogens (tertiary/aromatic N) is 1. The van der Waals surface area contributed by atoms with Gasteiger partial charge in [0.05, 0.1) is 25.0 Å². The minimum absolute atomic E-state index is 0.0539. The number of aliphatic hydroxyl groups excluding tert-OH is 7. The maximum absolute atomic E-state index is 9.87. The minimum atomic E-state index is -1.61. The summed E-state index contributed by atoms with van der Waals surface area (Å²) in [6.45, 7) is -1.30. The fraction of sp³-hybridized carbons (Fsp3) is 0.615. The average molecular weight is 303 g/mol. The molecular weight excluding hydrogens is 282 g/mol. The van der Waals surface area contributed by atoms with Crippen molar-refractivity contribution in [3.8, 4) is 0 Å². The largest absolute Gasteiger partial charge is 0.394 e. The number of aliphatic hydroxyl groups is 7. The second-order valence-corrected chi connectivity index (χ2v) is 4.76. The van der Waals surface area contributed by atoms with Crippen molar-refractivity contribution in [2.45, 2.75) is 36.9 Å². The molecule has 120 valence electrons. The van der Waals surface area contributed by atoms with E-state index >= 15 is 0 Å². The summed E-state index contributed by atoms with van der Waals surface area (Å²) in [5.74, 6) is 0. The van der Waals surface area contributed by atoms with Crippen LogP contribution in [0, 0.1) is 0 Å². The minimum Gasteiger partial charge on any atom is -0.394 e. The van der Waals surface area contributed by atoms with Crippen molar-refractivity contribution in [2.75, 3.05) is 13.2 Å². The van der Waals surface area contributed by atoms with Gasteiger partial charge in [0, 0.05) is 12.1 Å². The van der Waals surface area contributed by atoms with E-state index in [0.29, 0.717) is 5.69 Å². The fourth-order valence-corrected chi connectivity index (χ4v) is 1.74. The van der Waals surface area contributed by atoms with Crippen molar-refractivity contribution >= 4 is 0 Å². The first-order valence-electron chi connectivity index (χ1n) is 6.48. The fourth-order valence-electron chi connectivity index (χ4n) is 1.74. The molecular formula is C13H21NO7. The van der Waals surface area contributed by atoms with Crippen molar-refractivity contribution in [3.05, 3.63) is 29.6 Å². The SMILES string of the molecule is OC[C@@H](O)[C@@H](O)[C@H](O)c1cccc(C[C@H](O)[C@H](O)CO)n1. The molecule has 0 saturated heterocycles. The maximum Gasteiger partial charge on any atom is 0.124 e. The molecule has 0 aliphatic heterocycles. The summed E-state index contributed by atoms with van der Waals surface area (Å²) in [5, 5.41) is 65.1. The molecule has 0 bridgehead atoms. The predicted molar refractivity (Wildman–Crippen MR) is 71.1 cm³/mol. The van der Waals surface area contributed by atoms with Gasteiger partial charge in [-0.1, -0.05) is 6.07 Å². The van der Waals surface area contributed by atoms with E-state index in [1.54, 1.807) is 6.07 Å². The first kappa shape index (κ1) is 17.9. The molecule has 0 radical (unpaired) electrons. The predicted octanol–water partition coefficient (Wildman–Crippen LogP) is -2.91. The van der Waals surface area contributed by atoms with Crippen molar-refractivity contribution in [1.29, 1.82) is 0 Å². The Kier molecular flexibility index (Phi) is 7.12. The van der Waals surface area contributed by atoms with Crippen LogP contribution in [0.25, 0.3) is 0 Å². The lowest BCUT2D eigenvalue weighted by atomic mass is 10.0. The molecule has 8 heteroatoms. The summed E-state index contributed by atoms with van der Waals surface area (Å²) in [4.78, 5) is 4.01. The number of hydrogen-bond donors (Lipinski definition) is 7. The molecule has 0 saturated carbocycles. The third-order valence-corrected chi connectivity index (χ3v) is 3.09. The third kappa shape index (κ3) is 4.97. The van der Waals surface area contributed by atoms with E-state index in [1.165, 1.54) is 12.1 Å². The molecule has 1 aromatic rings. The Labute approximate surface area is 121 Å². The summed E-state index contributed by atoms with van der Waals surface area (Å²) in [7, 11) is 0.